The highest BCUT2D eigenvalue weighted by molar-refractivity contribution is 6.18. The maximum absolute atomic E-state index is 6.03. The first-order chi connectivity index (χ1) is 8.78. The first kappa shape index (κ1) is 13.5. The van der Waals surface area contributed by atoms with Gasteiger partial charge in [0.2, 0.25) is 0 Å². The van der Waals surface area contributed by atoms with Crippen molar-refractivity contribution in [2.75, 3.05) is 32.8 Å². The molecular weight excluding hydrogens is 252 g/mol. The maximum Gasteiger partial charge on any atom is 0.119 e. The van der Waals surface area contributed by atoms with Crippen LogP contribution in [0.5, 0.6) is 11.5 Å². The molecule has 1 aromatic rings. The van der Waals surface area contributed by atoms with Crippen LogP contribution in [0.4, 0.5) is 0 Å². The van der Waals surface area contributed by atoms with Gasteiger partial charge in [-0.25, -0.2) is 0 Å². The van der Waals surface area contributed by atoms with E-state index < -0.39 is 0 Å². The third-order valence-corrected chi connectivity index (χ3v) is 4.00. The monoisotopic (exact) mass is 270 g/mol. The fourth-order valence-corrected chi connectivity index (χ4v) is 2.42. The van der Waals surface area contributed by atoms with E-state index in [-0.39, 0.29) is 5.41 Å². The molecule has 1 atom stereocenters. The zero-order chi connectivity index (χ0) is 12.8. The standard InChI is InChI=1S/C14H19ClO3/c1-16-12-2-4-13(5-3-12)18-9-7-14(10-15)6-8-17-11-14/h2-5H,6-11H2,1H3. The second-order valence-electron chi connectivity index (χ2n) is 4.71. The lowest BCUT2D eigenvalue weighted by Gasteiger charge is -2.24. The van der Waals surface area contributed by atoms with Crippen molar-refractivity contribution in [2.45, 2.75) is 12.8 Å². The van der Waals surface area contributed by atoms with Crippen molar-refractivity contribution < 1.29 is 14.2 Å². The van der Waals surface area contributed by atoms with Crippen LogP contribution in [0.3, 0.4) is 0 Å². The molecule has 0 N–H and O–H groups in total. The van der Waals surface area contributed by atoms with Crippen LogP contribution in [0.1, 0.15) is 12.8 Å². The van der Waals surface area contributed by atoms with Crippen molar-refractivity contribution in [3.63, 3.8) is 0 Å². The Morgan fingerprint density at radius 3 is 2.56 bits per heavy atom. The maximum atomic E-state index is 6.03. The van der Waals surface area contributed by atoms with Gasteiger partial charge in [0, 0.05) is 17.9 Å². The quantitative estimate of drug-likeness (QED) is 0.744. The molecular formula is C14H19ClO3. The Bertz CT molecular complexity index is 358. The summed E-state index contributed by atoms with van der Waals surface area (Å²) in [7, 11) is 1.65. The molecule has 1 aliphatic heterocycles. The van der Waals surface area contributed by atoms with Crippen LogP contribution in [0, 0.1) is 5.41 Å². The normalized spacial score (nSPS) is 23.0. The Hall–Kier alpha value is -0.930. The van der Waals surface area contributed by atoms with Crippen LogP contribution in [0.25, 0.3) is 0 Å². The molecule has 1 heterocycles. The Balaban J connectivity index is 1.80. The number of alkyl halides is 1. The number of methoxy groups -OCH3 is 1. The van der Waals surface area contributed by atoms with E-state index in [1.807, 2.05) is 24.3 Å². The topological polar surface area (TPSA) is 27.7 Å². The summed E-state index contributed by atoms with van der Waals surface area (Å²) in [6.07, 6.45) is 1.96. The van der Waals surface area contributed by atoms with Gasteiger partial charge in [-0.1, -0.05) is 0 Å². The summed E-state index contributed by atoms with van der Waals surface area (Å²) in [4.78, 5) is 0. The predicted molar refractivity (Wildman–Crippen MR) is 71.7 cm³/mol. The van der Waals surface area contributed by atoms with Gasteiger partial charge in [-0.05, 0) is 37.1 Å². The summed E-state index contributed by atoms with van der Waals surface area (Å²) < 4.78 is 16.3. The molecule has 1 fully saturated rings. The van der Waals surface area contributed by atoms with Crippen molar-refractivity contribution in [3.05, 3.63) is 24.3 Å². The summed E-state index contributed by atoms with van der Waals surface area (Å²) in [6.45, 7) is 2.24. The van der Waals surface area contributed by atoms with Gasteiger partial charge in [0.15, 0.2) is 0 Å². The fraction of sp³-hybridized carbons (Fsp3) is 0.571. The van der Waals surface area contributed by atoms with E-state index in [4.69, 9.17) is 25.8 Å². The van der Waals surface area contributed by atoms with Crippen LogP contribution in [-0.2, 0) is 4.74 Å². The van der Waals surface area contributed by atoms with Crippen LogP contribution in [0.2, 0.25) is 0 Å². The second-order valence-corrected chi connectivity index (χ2v) is 4.98. The smallest absolute Gasteiger partial charge is 0.119 e. The molecule has 1 unspecified atom stereocenters. The molecule has 0 spiro atoms. The van der Waals surface area contributed by atoms with E-state index in [0.29, 0.717) is 12.5 Å². The highest BCUT2D eigenvalue weighted by Crippen LogP contribution is 2.33. The van der Waals surface area contributed by atoms with Gasteiger partial charge in [0.1, 0.15) is 11.5 Å². The predicted octanol–water partition coefficient (Wildman–Crippen LogP) is 3.11. The van der Waals surface area contributed by atoms with Gasteiger partial charge >= 0.3 is 0 Å². The molecule has 1 aromatic carbocycles. The Morgan fingerprint density at radius 2 is 2.00 bits per heavy atom. The minimum atomic E-state index is 0.105. The Labute approximate surface area is 113 Å². The number of benzene rings is 1. The second kappa shape index (κ2) is 6.30. The molecule has 0 aliphatic carbocycles. The SMILES string of the molecule is COc1ccc(OCCC2(CCl)CCOC2)cc1. The highest BCUT2D eigenvalue weighted by atomic mass is 35.5. The molecule has 0 amide bonds. The molecule has 0 saturated carbocycles. The van der Waals surface area contributed by atoms with Gasteiger partial charge in [-0.2, -0.15) is 0 Å². The van der Waals surface area contributed by atoms with Gasteiger partial charge in [-0.3, -0.25) is 0 Å². The first-order valence-corrected chi connectivity index (χ1v) is 6.72. The number of ether oxygens (including phenoxy) is 3. The van der Waals surface area contributed by atoms with Gasteiger partial charge < -0.3 is 14.2 Å². The molecule has 2 rings (SSSR count). The van der Waals surface area contributed by atoms with Crippen molar-refractivity contribution in [2.24, 2.45) is 5.41 Å². The zero-order valence-electron chi connectivity index (χ0n) is 10.7. The van der Waals surface area contributed by atoms with Crippen molar-refractivity contribution >= 4 is 11.6 Å². The van der Waals surface area contributed by atoms with Crippen molar-refractivity contribution in [3.8, 4) is 11.5 Å². The van der Waals surface area contributed by atoms with E-state index in [1.165, 1.54) is 0 Å². The van der Waals surface area contributed by atoms with Gasteiger partial charge in [0.25, 0.3) is 0 Å². The summed E-state index contributed by atoms with van der Waals surface area (Å²) in [5.41, 5.74) is 0.105. The number of hydrogen-bond acceptors (Lipinski definition) is 3. The molecule has 1 aliphatic rings. The lowest BCUT2D eigenvalue weighted by molar-refractivity contribution is 0.143. The van der Waals surface area contributed by atoms with Crippen LogP contribution in [-0.4, -0.2) is 32.8 Å². The fourth-order valence-electron chi connectivity index (χ4n) is 2.08. The minimum Gasteiger partial charge on any atom is -0.497 e. The van der Waals surface area contributed by atoms with Gasteiger partial charge in [-0.15, -0.1) is 11.6 Å². The van der Waals surface area contributed by atoms with Crippen LogP contribution < -0.4 is 9.47 Å². The minimum absolute atomic E-state index is 0.105. The Kier molecular flexibility index (Phi) is 4.72. The number of halogens is 1. The largest absolute Gasteiger partial charge is 0.497 e. The summed E-state index contributed by atoms with van der Waals surface area (Å²) in [5, 5.41) is 0. The average Bonchev–Trinajstić information content (AvgIpc) is 2.89. The molecule has 3 nitrogen and oxygen atoms in total. The summed E-state index contributed by atoms with van der Waals surface area (Å²) in [6, 6.07) is 7.62. The van der Waals surface area contributed by atoms with E-state index in [2.05, 4.69) is 0 Å². The zero-order valence-corrected chi connectivity index (χ0v) is 11.4. The molecule has 18 heavy (non-hydrogen) atoms. The third kappa shape index (κ3) is 3.30. The molecule has 100 valence electrons. The lowest BCUT2D eigenvalue weighted by Crippen LogP contribution is -2.25. The van der Waals surface area contributed by atoms with E-state index in [1.54, 1.807) is 7.11 Å². The van der Waals surface area contributed by atoms with Crippen molar-refractivity contribution in [1.29, 1.82) is 0 Å². The summed E-state index contributed by atoms with van der Waals surface area (Å²) >= 11 is 6.03. The summed E-state index contributed by atoms with van der Waals surface area (Å²) in [5.74, 6) is 2.34. The average molecular weight is 271 g/mol. The first-order valence-electron chi connectivity index (χ1n) is 6.19. The number of hydrogen-bond donors (Lipinski definition) is 0. The van der Waals surface area contributed by atoms with E-state index >= 15 is 0 Å². The molecule has 0 aromatic heterocycles. The van der Waals surface area contributed by atoms with Gasteiger partial charge in [0.05, 0.1) is 20.3 Å². The molecule has 0 radical (unpaired) electrons. The molecule has 1 saturated heterocycles. The lowest BCUT2D eigenvalue weighted by atomic mass is 9.86. The van der Waals surface area contributed by atoms with E-state index in [0.717, 1.165) is 37.6 Å². The van der Waals surface area contributed by atoms with Crippen LogP contribution in [0.15, 0.2) is 24.3 Å². The molecule has 0 bridgehead atoms. The highest BCUT2D eigenvalue weighted by Gasteiger charge is 2.33. The number of rotatable bonds is 6. The van der Waals surface area contributed by atoms with Crippen LogP contribution >= 0.6 is 11.6 Å². The van der Waals surface area contributed by atoms with Crippen molar-refractivity contribution in [1.82, 2.24) is 0 Å². The molecule has 4 heteroatoms. The third-order valence-electron chi connectivity index (χ3n) is 3.43. The Morgan fingerprint density at radius 1 is 1.28 bits per heavy atom. The van der Waals surface area contributed by atoms with E-state index in [9.17, 15) is 0 Å².